The molecule has 6 aromatic carbocycles. The van der Waals surface area contributed by atoms with E-state index >= 15 is 0 Å². The first-order chi connectivity index (χ1) is 19.4. The molecule has 0 aliphatic carbocycles. The fourth-order valence-corrected chi connectivity index (χ4v) is 6.42. The van der Waals surface area contributed by atoms with Crippen molar-refractivity contribution in [2.24, 2.45) is 0 Å². The average molecular weight is 496 g/mol. The van der Waals surface area contributed by atoms with E-state index in [9.17, 15) is 0 Å². The summed E-state index contributed by atoms with van der Waals surface area (Å²) in [6.07, 6.45) is 0. The standard InChI is InChI=1S/C36H25BN2/c1-3-13-26(14-4-1)27-15-11-18-29(25-27)39-33-22-10-8-20-31(33)37-30-19-7-9-21-32(30)38(28-16-5-2-6-17-28)34-23-12-24-35(39)36(34)37/h1-25H. The monoisotopic (exact) mass is 496 g/mol. The van der Waals surface area contributed by atoms with Crippen molar-refractivity contribution >= 4 is 57.2 Å². The SMILES string of the molecule is c1ccc(-c2cccc(N3c4ccccc4B4c5ccccc5N(c5ccccc5)c5cccc3c54)c2)cc1. The molecular formula is C36H25BN2. The Labute approximate surface area is 229 Å². The minimum Gasteiger partial charge on any atom is -0.311 e. The topological polar surface area (TPSA) is 6.48 Å². The van der Waals surface area contributed by atoms with Gasteiger partial charge in [0.15, 0.2) is 0 Å². The van der Waals surface area contributed by atoms with E-state index in [-0.39, 0.29) is 6.71 Å². The minimum absolute atomic E-state index is 0.164. The third kappa shape index (κ3) is 3.37. The molecule has 0 amide bonds. The molecule has 0 N–H and O–H groups in total. The molecule has 2 aliphatic heterocycles. The first-order valence-corrected chi connectivity index (χ1v) is 13.5. The third-order valence-corrected chi connectivity index (χ3v) is 8.03. The second kappa shape index (κ2) is 8.78. The van der Waals surface area contributed by atoms with Crippen molar-refractivity contribution in [1.29, 1.82) is 0 Å². The fourth-order valence-electron chi connectivity index (χ4n) is 6.42. The Balaban J connectivity index is 1.40. The normalized spacial score (nSPS) is 13.0. The van der Waals surface area contributed by atoms with Gasteiger partial charge in [-0.05, 0) is 76.0 Å². The van der Waals surface area contributed by atoms with E-state index in [0.717, 1.165) is 0 Å². The van der Waals surface area contributed by atoms with Crippen LogP contribution >= 0.6 is 0 Å². The lowest BCUT2D eigenvalue weighted by Gasteiger charge is -2.44. The molecule has 0 saturated heterocycles. The summed E-state index contributed by atoms with van der Waals surface area (Å²) in [7, 11) is 0. The number of hydrogen-bond donors (Lipinski definition) is 0. The van der Waals surface area contributed by atoms with Crippen LogP contribution in [0.15, 0.2) is 152 Å². The smallest absolute Gasteiger partial charge is 0.252 e. The lowest BCUT2D eigenvalue weighted by atomic mass is 9.33. The van der Waals surface area contributed by atoms with E-state index in [1.807, 2.05) is 0 Å². The molecule has 2 heterocycles. The number of rotatable bonds is 3. The van der Waals surface area contributed by atoms with Crippen LogP contribution < -0.4 is 26.2 Å². The summed E-state index contributed by atoms with van der Waals surface area (Å²) in [6, 6.07) is 54.9. The number of benzene rings is 6. The van der Waals surface area contributed by atoms with Crippen LogP contribution in [0.1, 0.15) is 0 Å². The van der Waals surface area contributed by atoms with Crippen molar-refractivity contribution in [3.8, 4) is 11.1 Å². The highest BCUT2D eigenvalue weighted by atomic mass is 15.2. The molecule has 0 saturated carbocycles. The zero-order valence-corrected chi connectivity index (χ0v) is 21.4. The number of anilines is 6. The molecule has 0 radical (unpaired) electrons. The van der Waals surface area contributed by atoms with E-state index in [4.69, 9.17) is 0 Å². The van der Waals surface area contributed by atoms with Gasteiger partial charge in [-0.15, -0.1) is 0 Å². The van der Waals surface area contributed by atoms with Crippen molar-refractivity contribution < 1.29 is 0 Å². The lowest BCUT2D eigenvalue weighted by Crippen LogP contribution is -2.61. The molecule has 3 heteroatoms. The molecule has 8 rings (SSSR count). The second-order valence-electron chi connectivity index (χ2n) is 10.2. The van der Waals surface area contributed by atoms with E-state index in [2.05, 4.69) is 161 Å². The van der Waals surface area contributed by atoms with E-state index in [0.29, 0.717) is 0 Å². The van der Waals surface area contributed by atoms with Crippen LogP contribution in [0.3, 0.4) is 0 Å². The Hall–Kier alpha value is -5.02. The first-order valence-electron chi connectivity index (χ1n) is 13.5. The zero-order valence-electron chi connectivity index (χ0n) is 21.4. The van der Waals surface area contributed by atoms with Crippen LogP contribution in [0.2, 0.25) is 0 Å². The van der Waals surface area contributed by atoms with Crippen molar-refractivity contribution in [2.75, 3.05) is 9.80 Å². The molecule has 0 atom stereocenters. The molecule has 2 aliphatic rings. The summed E-state index contributed by atoms with van der Waals surface area (Å²) < 4.78 is 0. The van der Waals surface area contributed by atoms with Gasteiger partial charge in [-0.1, -0.05) is 103 Å². The quantitative estimate of drug-likeness (QED) is 0.235. The van der Waals surface area contributed by atoms with Crippen LogP contribution in [0, 0.1) is 0 Å². The van der Waals surface area contributed by atoms with Crippen molar-refractivity contribution in [3.63, 3.8) is 0 Å². The Kier molecular flexibility index (Phi) is 4.96. The maximum atomic E-state index is 2.45. The number of para-hydroxylation sites is 3. The van der Waals surface area contributed by atoms with Gasteiger partial charge in [0.05, 0.1) is 0 Å². The van der Waals surface area contributed by atoms with Gasteiger partial charge >= 0.3 is 0 Å². The highest BCUT2D eigenvalue weighted by molar-refractivity contribution is 7.00. The molecular weight excluding hydrogens is 471 g/mol. The number of nitrogens with zero attached hydrogens (tertiary/aromatic N) is 2. The summed E-state index contributed by atoms with van der Waals surface area (Å²) in [6.45, 7) is 0.164. The molecule has 2 nitrogen and oxygen atoms in total. The number of fused-ring (bicyclic) bond motifs is 4. The maximum Gasteiger partial charge on any atom is 0.252 e. The predicted octanol–water partition coefficient (Wildman–Crippen LogP) is 7.44. The molecule has 0 aromatic heterocycles. The van der Waals surface area contributed by atoms with Crippen LogP contribution in [-0.2, 0) is 0 Å². The molecule has 6 aromatic rings. The Bertz CT molecular complexity index is 1830. The first kappa shape index (κ1) is 22.0. The highest BCUT2D eigenvalue weighted by Crippen LogP contribution is 2.43. The minimum atomic E-state index is 0.164. The van der Waals surface area contributed by atoms with Gasteiger partial charge in [-0.3, -0.25) is 0 Å². The summed E-state index contributed by atoms with van der Waals surface area (Å²) >= 11 is 0. The Morgan fingerprint density at radius 2 is 0.821 bits per heavy atom. The second-order valence-corrected chi connectivity index (χ2v) is 10.2. The van der Waals surface area contributed by atoms with Gasteiger partial charge in [0.1, 0.15) is 0 Å². The van der Waals surface area contributed by atoms with Crippen molar-refractivity contribution in [3.05, 3.63) is 152 Å². The van der Waals surface area contributed by atoms with Gasteiger partial charge in [-0.2, -0.15) is 0 Å². The largest absolute Gasteiger partial charge is 0.311 e. The third-order valence-electron chi connectivity index (χ3n) is 8.03. The van der Waals surface area contributed by atoms with Crippen molar-refractivity contribution in [1.82, 2.24) is 0 Å². The molecule has 0 bridgehead atoms. The van der Waals surface area contributed by atoms with Gasteiger partial charge < -0.3 is 9.80 Å². The summed E-state index contributed by atoms with van der Waals surface area (Å²) in [4.78, 5) is 4.88. The fraction of sp³-hybridized carbons (Fsp3) is 0. The van der Waals surface area contributed by atoms with E-state index in [1.165, 1.54) is 61.6 Å². The summed E-state index contributed by atoms with van der Waals surface area (Å²) in [5, 5.41) is 0. The average Bonchev–Trinajstić information content (AvgIpc) is 3.02. The van der Waals surface area contributed by atoms with Crippen LogP contribution in [0.4, 0.5) is 34.1 Å². The Morgan fingerprint density at radius 3 is 1.49 bits per heavy atom. The van der Waals surface area contributed by atoms with Gasteiger partial charge in [0.25, 0.3) is 6.71 Å². The summed E-state index contributed by atoms with van der Waals surface area (Å²) in [5.41, 5.74) is 13.8. The van der Waals surface area contributed by atoms with Crippen LogP contribution in [0.5, 0.6) is 0 Å². The van der Waals surface area contributed by atoms with Gasteiger partial charge in [-0.25, -0.2) is 0 Å². The molecule has 39 heavy (non-hydrogen) atoms. The zero-order chi connectivity index (χ0) is 25.8. The predicted molar refractivity (Wildman–Crippen MR) is 166 cm³/mol. The van der Waals surface area contributed by atoms with E-state index < -0.39 is 0 Å². The highest BCUT2D eigenvalue weighted by Gasteiger charge is 2.42. The summed E-state index contributed by atoms with van der Waals surface area (Å²) in [5.74, 6) is 0. The van der Waals surface area contributed by atoms with Crippen LogP contribution in [-0.4, -0.2) is 6.71 Å². The van der Waals surface area contributed by atoms with Crippen LogP contribution in [0.25, 0.3) is 11.1 Å². The van der Waals surface area contributed by atoms with E-state index in [1.54, 1.807) is 0 Å². The Morgan fingerprint density at radius 1 is 0.359 bits per heavy atom. The van der Waals surface area contributed by atoms with Gasteiger partial charge in [0, 0.05) is 34.1 Å². The maximum absolute atomic E-state index is 2.45. The van der Waals surface area contributed by atoms with Crippen molar-refractivity contribution in [2.45, 2.75) is 0 Å². The lowest BCUT2D eigenvalue weighted by molar-refractivity contribution is 1.25. The molecule has 182 valence electrons. The number of hydrogen-bond acceptors (Lipinski definition) is 2. The molecule has 0 unspecified atom stereocenters. The molecule has 0 fully saturated rings. The van der Waals surface area contributed by atoms with Gasteiger partial charge in [0.2, 0.25) is 0 Å². The molecule has 0 spiro atoms.